The molecule has 0 radical (unpaired) electrons. The van der Waals surface area contributed by atoms with Crippen LogP contribution in [0.1, 0.15) is 38.1 Å². The number of hydrogen-bond donors (Lipinski definition) is 1. The fraction of sp³-hybridized carbons (Fsp3) is 0.583. The van der Waals surface area contributed by atoms with E-state index in [0.29, 0.717) is 11.0 Å². The minimum absolute atomic E-state index is 0.172. The summed E-state index contributed by atoms with van der Waals surface area (Å²) < 4.78 is 13.3. The lowest BCUT2D eigenvalue weighted by Crippen LogP contribution is -2.16. The Morgan fingerprint density at radius 2 is 2.11 bits per heavy atom. The summed E-state index contributed by atoms with van der Waals surface area (Å²) in [6.07, 6.45) is 8.70. The molecule has 1 aliphatic rings. The summed E-state index contributed by atoms with van der Waals surface area (Å²) in [5, 5.41) is 3.59. The molecule has 0 saturated heterocycles. The average molecular weight is 280 g/mol. The molecule has 2 heterocycles. The lowest BCUT2D eigenvalue weighted by Gasteiger charge is -2.22. The monoisotopic (exact) mass is 280 g/mol. The molecule has 0 amide bonds. The van der Waals surface area contributed by atoms with E-state index in [1.54, 1.807) is 0 Å². The summed E-state index contributed by atoms with van der Waals surface area (Å²) in [6, 6.07) is 0.284. The molecule has 102 valence electrons. The van der Waals surface area contributed by atoms with Gasteiger partial charge in [-0.15, -0.1) is 0 Å². The first-order valence-electron chi connectivity index (χ1n) is 6.47. The van der Waals surface area contributed by atoms with Crippen molar-refractivity contribution >= 4 is 21.8 Å². The minimum atomic E-state index is -1.24. The molecular weight excluding hydrogens is 264 g/mol. The van der Waals surface area contributed by atoms with Gasteiger partial charge in [-0.05, 0) is 12.8 Å². The molecule has 1 N–H and O–H groups in total. The third-order valence-electron chi connectivity index (χ3n) is 3.64. The van der Waals surface area contributed by atoms with Crippen molar-refractivity contribution in [3.8, 4) is 0 Å². The van der Waals surface area contributed by atoms with E-state index in [0.717, 1.165) is 12.8 Å². The van der Waals surface area contributed by atoms with Gasteiger partial charge in [0.25, 0.3) is 5.56 Å². The van der Waals surface area contributed by atoms with Crippen molar-refractivity contribution < 1.29 is 4.21 Å². The Balaban J connectivity index is 2.15. The van der Waals surface area contributed by atoms with Crippen LogP contribution in [0, 0.1) is 0 Å². The van der Waals surface area contributed by atoms with Crippen LogP contribution in [0.15, 0.2) is 16.1 Å². The zero-order chi connectivity index (χ0) is 13.4. The van der Waals surface area contributed by atoms with Gasteiger partial charge in [-0.2, -0.15) is 0 Å². The smallest absolute Gasteiger partial charge is 0.267 e. The maximum Gasteiger partial charge on any atom is 0.275 e. The van der Waals surface area contributed by atoms with E-state index in [9.17, 15) is 9.00 Å². The van der Waals surface area contributed by atoms with E-state index in [4.69, 9.17) is 0 Å². The van der Waals surface area contributed by atoms with Gasteiger partial charge < -0.3 is 0 Å². The Morgan fingerprint density at radius 1 is 1.37 bits per heavy atom. The standard InChI is InChI=1S/C12H16N4O2S/c1-19(18)12-13-7-9-10(14-12)16(15-11(9)17)8-5-3-2-4-6-8/h7-8H,2-6H2,1H3,(H,15,17). The molecule has 0 bridgehead atoms. The van der Waals surface area contributed by atoms with E-state index in [1.807, 2.05) is 4.68 Å². The Morgan fingerprint density at radius 3 is 2.79 bits per heavy atom. The van der Waals surface area contributed by atoms with Crippen LogP contribution in [0.25, 0.3) is 11.0 Å². The van der Waals surface area contributed by atoms with Gasteiger partial charge in [-0.1, -0.05) is 19.3 Å². The SMILES string of the molecule is CS(=O)c1ncc2c(=O)[nH]n(C3CCCCC3)c2n1. The molecule has 0 aromatic carbocycles. The van der Waals surface area contributed by atoms with E-state index in [2.05, 4.69) is 15.1 Å². The normalized spacial score (nSPS) is 18.8. The van der Waals surface area contributed by atoms with Crippen LogP contribution in [0.5, 0.6) is 0 Å². The fourth-order valence-electron chi connectivity index (χ4n) is 2.67. The number of hydrogen-bond acceptors (Lipinski definition) is 4. The van der Waals surface area contributed by atoms with Crippen molar-refractivity contribution in [1.29, 1.82) is 0 Å². The van der Waals surface area contributed by atoms with Crippen molar-refractivity contribution in [2.24, 2.45) is 0 Å². The summed E-state index contributed by atoms with van der Waals surface area (Å²) in [5.41, 5.74) is 0.408. The Hall–Kier alpha value is -1.50. The van der Waals surface area contributed by atoms with Gasteiger partial charge in [0.2, 0.25) is 5.16 Å². The summed E-state index contributed by atoms with van der Waals surface area (Å²) >= 11 is 0. The van der Waals surface area contributed by atoms with Crippen molar-refractivity contribution in [3.63, 3.8) is 0 Å². The molecule has 0 aliphatic heterocycles. The van der Waals surface area contributed by atoms with Crippen LogP contribution in [-0.4, -0.2) is 30.2 Å². The maximum absolute atomic E-state index is 11.9. The van der Waals surface area contributed by atoms with E-state index in [-0.39, 0.29) is 16.8 Å². The molecule has 0 spiro atoms. The highest BCUT2D eigenvalue weighted by molar-refractivity contribution is 7.84. The van der Waals surface area contributed by atoms with Crippen molar-refractivity contribution in [2.75, 3.05) is 6.26 Å². The van der Waals surface area contributed by atoms with Crippen LogP contribution >= 0.6 is 0 Å². The minimum Gasteiger partial charge on any atom is -0.267 e. The summed E-state index contributed by atoms with van der Waals surface area (Å²) in [4.78, 5) is 20.2. The molecule has 1 atom stereocenters. The molecule has 3 rings (SSSR count). The predicted octanol–water partition coefficient (Wildman–Crippen LogP) is 1.36. The van der Waals surface area contributed by atoms with Crippen molar-refractivity contribution in [1.82, 2.24) is 19.7 Å². The summed E-state index contributed by atoms with van der Waals surface area (Å²) in [7, 11) is -1.24. The zero-order valence-electron chi connectivity index (χ0n) is 10.8. The second kappa shape index (κ2) is 4.88. The molecule has 2 aromatic heterocycles. The number of aromatic amines is 1. The van der Waals surface area contributed by atoms with Crippen LogP contribution in [0.2, 0.25) is 0 Å². The van der Waals surface area contributed by atoms with Gasteiger partial charge in [-0.25, -0.2) is 9.97 Å². The van der Waals surface area contributed by atoms with Gasteiger partial charge in [0.05, 0.1) is 16.8 Å². The average Bonchev–Trinajstić information content (AvgIpc) is 2.77. The molecule has 1 aliphatic carbocycles. The number of nitrogens with zero attached hydrogens (tertiary/aromatic N) is 3. The number of aromatic nitrogens is 4. The van der Waals surface area contributed by atoms with Crippen LogP contribution in [-0.2, 0) is 10.8 Å². The number of fused-ring (bicyclic) bond motifs is 1. The molecule has 7 heteroatoms. The maximum atomic E-state index is 11.9. The predicted molar refractivity (Wildman–Crippen MR) is 72.6 cm³/mol. The van der Waals surface area contributed by atoms with Crippen molar-refractivity contribution in [3.05, 3.63) is 16.6 Å². The lowest BCUT2D eigenvalue weighted by molar-refractivity contribution is 0.334. The van der Waals surface area contributed by atoms with Gasteiger partial charge >= 0.3 is 0 Å². The lowest BCUT2D eigenvalue weighted by atomic mass is 9.96. The van der Waals surface area contributed by atoms with E-state index >= 15 is 0 Å². The largest absolute Gasteiger partial charge is 0.275 e. The van der Waals surface area contributed by atoms with Crippen LogP contribution in [0.4, 0.5) is 0 Å². The highest BCUT2D eigenvalue weighted by Gasteiger charge is 2.20. The first kappa shape index (κ1) is 12.5. The summed E-state index contributed by atoms with van der Waals surface area (Å²) in [6.45, 7) is 0. The van der Waals surface area contributed by atoms with Crippen molar-refractivity contribution in [2.45, 2.75) is 43.3 Å². The molecule has 1 fully saturated rings. The second-order valence-electron chi connectivity index (χ2n) is 4.95. The topological polar surface area (TPSA) is 80.6 Å². The Kier molecular flexibility index (Phi) is 3.22. The fourth-order valence-corrected chi connectivity index (χ4v) is 3.08. The molecule has 1 saturated carbocycles. The summed E-state index contributed by atoms with van der Waals surface area (Å²) in [5.74, 6) is 0. The van der Waals surface area contributed by atoms with Gasteiger partial charge in [0.1, 0.15) is 5.39 Å². The molecular formula is C12H16N4O2S. The molecule has 2 aromatic rings. The van der Waals surface area contributed by atoms with Gasteiger partial charge in [-0.3, -0.25) is 18.8 Å². The first-order valence-corrected chi connectivity index (χ1v) is 8.03. The first-order chi connectivity index (χ1) is 9.16. The van der Waals surface area contributed by atoms with Crippen LogP contribution < -0.4 is 5.56 Å². The Labute approximate surface area is 112 Å². The quantitative estimate of drug-likeness (QED) is 0.842. The third-order valence-corrected chi connectivity index (χ3v) is 4.35. The Bertz CT molecular complexity index is 685. The van der Waals surface area contributed by atoms with Gasteiger partial charge in [0, 0.05) is 12.5 Å². The van der Waals surface area contributed by atoms with Crippen LogP contribution in [0.3, 0.4) is 0 Å². The molecule has 1 unspecified atom stereocenters. The highest BCUT2D eigenvalue weighted by atomic mass is 32.2. The van der Waals surface area contributed by atoms with E-state index < -0.39 is 10.8 Å². The van der Waals surface area contributed by atoms with Gasteiger partial charge in [0.15, 0.2) is 5.65 Å². The zero-order valence-corrected chi connectivity index (χ0v) is 11.6. The molecule has 19 heavy (non-hydrogen) atoms. The third kappa shape index (κ3) is 2.22. The number of H-pyrrole nitrogens is 1. The molecule has 6 nitrogen and oxygen atoms in total. The second-order valence-corrected chi connectivity index (χ2v) is 6.22. The van der Waals surface area contributed by atoms with E-state index in [1.165, 1.54) is 31.7 Å². The highest BCUT2D eigenvalue weighted by Crippen LogP contribution is 2.28. The number of nitrogens with one attached hydrogen (secondary N) is 1. The number of rotatable bonds is 2.